The van der Waals surface area contributed by atoms with Crippen LogP contribution in [0.25, 0.3) is 0 Å². The van der Waals surface area contributed by atoms with Crippen LogP contribution in [0.3, 0.4) is 0 Å². The standard InChI is InChI=1S/C27H30Br2O8/c1-18(2)16-36-26(30)34-11-9-32-24-7-5-20(14-22(24)28)13-21-6-8-25(23(29)15-21)33-10-12-35-27(31)37-17-19(3)4/h5-8,14-15H,1,3,9-13,16-17H2,2,4H3. The number of carbonyl (C=O) groups is 2. The van der Waals surface area contributed by atoms with Crippen molar-refractivity contribution in [2.45, 2.75) is 20.3 Å². The predicted octanol–water partition coefficient (Wildman–Crippen LogP) is 7.02. The maximum atomic E-state index is 11.4. The molecule has 0 saturated heterocycles. The van der Waals surface area contributed by atoms with Gasteiger partial charge >= 0.3 is 12.3 Å². The number of hydrogen-bond acceptors (Lipinski definition) is 8. The molecule has 0 aliphatic carbocycles. The summed E-state index contributed by atoms with van der Waals surface area (Å²) in [5.74, 6) is 1.27. The Morgan fingerprint density at radius 2 is 1.08 bits per heavy atom. The molecule has 0 radical (unpaired) electrons. The van der Waals surface area contributed by atoms with Crippen LogP contribution in [0.1, 0.15) is 25.0 Å². The third-order valence-corrected chi connectivity index (χ3v) is 5.63. The number of hydrogen-bond donors (Lipinski definition) is 0. The summed E-state index contributed by atoms with van der Waals surface area (Å²) in [5.41, 5.74) is 3.60. The van der Waals surface area contributed by atoms with E-state index < -0.39 is 12.3 Å². The normalized spacial score (nSPS) is 10.3. The highest BCUT2D eigenvalue weighted by Crippen LogP contribution is 2.30. The van der Waals surface area contributed by atoms with Gasteiger partial charge in [0.2, 0.25) is 0 Å². The highest BCUT2D eigenvalue weighted by molar-refractivity contribution is 9.10. The summed E-state index contributed by atoms with van der Waals surface area (Å²) in [7, 11) is 0. The molecular formula is C27H30Br2O8. The Balaban J connectivity index is 1.77. The second kappa shape index (κ2) is 16.0. The Labute approximate surface area is 233 Å². The molecule has 200 valence electrons. The number of carbonyl (C=O) groups excluding carboxylic acids is 2. The fraction of sp³-hybridized carbons (Fsp3) is 0.333. The van der Waals surface area contributed by atoms with E-state index in [9.17, 15) is 9.59 Å². The van der Waals surface area contributed by atoms with Crippen molar-refractivity contribution in [3.05, 3.63) is 80.8 Å². The number of benzene rings is 2. The lowest BCUT2D eigenvalue weighted by Gasteiger charge is -2.12. The van der Waals surface area contributed by atoms with Crippen LogP contribution in [-0.4, -0.2) is 52.0 Å². The van der Waals surface area contributed by atoms with Gasteiger partial charge in [0.15, 0.2) is 0 Å². The number of halogens is 2. The van der Waals surface area contributed by atoms with Gasteiger partial charge in [0.05, 0.1) is 8.95 Å². The summed E-state index contributed by atoms with van der Waals surface area (Å²) in [6.45, 7) is 11.6. The van der Waals surface area contributed by atoms with Crippen molar-refractivity contribution in [1.82, 2.24) is 0 Å². The van der Waals surface area contributed by atoms with E-state index in [1.54, 1.807) is 13.8 Å². The van der Waals surface area contributed by atoms with E-state index in [2.05, 4.69) is 45.0 Å². The summed E-state index contributed by atoms with van der Waals surface area (Å²) < 4.78 is 32.5. The van der Waals surface area contributed by atoms with E-state index in [0.29, 0.717) is 17.9 Å². The highest BCUT2D eigenvalue weighted by Gasteiger charge is 2.09. The molecule has 0 saturated carbocycles. The first-order valence-electron chi connectivity index (χ1n) is 11.3. The highest BCUT2D eigenvalue weighted by atomic mass is 79.9. The third-order valence-electron chi connectivity index (χ3n) is 4.40. The van der Waals surface area contributed by atoms with Crippen molar-refractivity contribution in [1.29, 1.82) is 0 Å². The Kier molecular flexibility index (Phi) is 13.1. The molecule has 2 aromatic carbocycles. The van der Waals surface area contributed by atoms with Crippen LogP contribution in [0.5, 0.6) is 11.5 Å². The van der Waals surface area contributed by atoms with Crippen molar-refractivity contribution in [2.24, 2.45) is 0 Å². The lowest BCUT2D eigenvalue weighted by atomic mass is 10.0. The molecule has 2 aromatic rings. The minimum Gasteiger partial charge on any atom is -0.489 e. The van der Waals surface area contributed by atoms with Crippen molar-refractivity contribution in [3.63, 3.8) is 0 Å². The first-order valence-corrected chi connectivity index (χ1v) is 12.9. The molecule has 0 N–H and O–H groups in total. The lowest BCUT2D eigenvalue weighted by molar-refractivity contribution is 0.0510. The zero-order valence-corrected chi connectivity index (χ0v) is 24.0. The van der Waals surface area contributed by atoms with E-state index in [1.165, 1.54) is 0 Å². The Bertz CT molecular complexity index is 1010. The second-order valence-corrected chi connectivity index (χ2v) is 9.80. The van der Waals surface area contributed by atoms with Crippen LogP contribution in [0.2, 0.25) is 0 Å². The Morgan fingerprint density at radius 3 is 1.43 bits per heavy atom. The average Bonchev–Trinajstić information content (AvgIpc) is 2.84. The summed E-state index contributed by atoms with van der Waals surface area (Å²) in [6, 6.07) is 11.6. The van der Waals surface area contributed by atoms with Crippen molar-refractivity contribution in [2.75, 3.05) is 39.6 Å². The monoisotopic (exact) mass is 640 g/mol. The maximum absolute atomic E-state index is 11.4. The Hall–Kier alpha value is -2.98. The van der Waals surface area contributed by atoms with Crippen LogP contribution in [-0.2, 0) is 25.4 Å². The molecule has 0 spiro atoms. The second-order valence-electron chi connectivity index (χ2n) is 8.09. The zero-order valence-electron chi connectivity index (χ0n) is 20.8. The number of rotatable bonds is 14. The molecule has 10 heteroatoms. The molecule has 37 heavy (non-hydrogen) atoms. The molecule has 2 rings (SSSR count). The van der Waals surface area contributed by atoms with E-state index >= 15 is 0 Å². The van der Waals surface area contributed by atoms with Crippen LogP contribution in [0.15, 0.2) is 69.6 Å². The SMILES string of the molecule is C=C(C)COC(=O)OCCOc1ccc(Cc2ccc(OCCOC(=O)OCC(=C)C)c(Br)c2)cc1Br. The fourth-order valence-corrected chi connectivity index (χ4v) is 3.86. The molecule has 0 heterocycles. The molecule has 0 aliphatic heterocycles. The van der Waals surface area contributed by atoms with Gasteiger partial charge in [-0.15, -0.1) is 0 Å². The molecular weight excluding hydrogens is 612 g/mol. The van der Waals surface area contributed by atoms with E-state index in [1.807, 2.05) is 36.4 Å². The largest absolute Gasteiger partial charge is 0.508 e. The van der Waals surface area contributed by atoms with E-state index in [0.717, 1.165) is 31.2 Å². The minimum atomic E-state index is -0.754. The van der Waals surface area contributed by atoms with E-state index in [4.69, 9.17) is 28.4 Å². The summed E-state index contributed by atoms with van der Waals surface area (Å²) in [5, 5.41) is 0. The molecule has 0 amide bonds. The van der Waals surface area contributed by atoms with Gasteiger partial charge in [-0.3, -0.25) is 0 Å². The summed E-state index contributed by atoms with van der Waals surface area (Å²) in [4.78, 5) is 22.9. The third kappa shape index (κ3) is 12.2. The molecule has 0 fully saturated rings. The quantitative estimate of drug-likeness (QED) is 0.124. The van der Waals surface area contributed by atoms with Crippen LogP contribution in [0.4, 0.5) is 9.59 Å². The van der Waals surface area contributed by atoms with Gasteiger partial charge in [0.1, 0.15) is 51.1 Å². The zero-order chi connectivity index (χ0) is 27.2. The van der Waals surface area contributed by atoms with Gasteiger partial charge in [-0.1, -0.05) is 25.3 Å². The molecule has 0 bridgehead atoms. The smallest absolute Gasteiger partial charge is 0.489 e. The maximum Gasteiger partial charge on any atom is 0.508 e. The predicted molar refractivity (Wildman–Crippen MR) is 146 cm³/mol. The molecule has 0 unspecified atom stereocenters. The van der Waals surface area contributed by atoms with Crippen molar-refractivity contribution < 1.29 is 38.0 Å². The van der Waals surface area contributed by atoms with Gasteiger partial charge in [0.25, 0.3) is 0 Å². The van der Waals surface area contributed by atoms with Crippen LogP contribution in [0, 0.1) is 0 Å². The first kappa shape index (κ1) is 30.2. The van der Waals surface area contributed by atoms with E-state index in [-0.39, 0.29) is 39.6 Å². The number of ether oxygens (including phenoxy) is 6. The minimum absolute atomic E-state index is 0.0663. The van der Waals surface area contributed by atoms with Gasteiger partial charge in [-0.2, -0.15) is 0 Å². The van der Waals surface area contributed by atoms with Crippen LogP contribution < -0.4 is 9.47 Å². The Morgan fingerprint density at radius 1 is 0.676 bits per heavy atom. The van der Waals surface area contributed by atoms with Gasteiger partial charge in [-0.05, 0) is 98.7 Å². The van der Waals surface area contributed by atoms with Crippen molar-refractivity contribution in [3.8, 4) is 11.5 Å². The topological polar surface area (TPSA) is 89.5 Å². The summed E-state index contributed by atoms with van der Waals surface area (Å²) in [6.07, 6.45) is -0.820. The van der Waals surface area contributed by atoms with Gasteiger partial charge in [0, 0.05) is 0 Å². The lowest BCUT2D eigenvalue weighted by Crippen LogP contribution is -2.14. The van der Waals surface area contributed by atoms with Crippen molar-refractivity contribution >= 4 is 44.2 Å². The molecule has 0 aromatic heterocycles. The fourth-order valence-electron chi connectivity index (χ4n) is 2.78. The average molecular weight is 642 g/mol. The molecule has 0 atom stereocenters. The van der Waals surface area contributed by atoms with Crippen LogP contribution >= 0.6 is 31.9 Å². The van der Waals surface area contributed by atoms with Gasteiger partial charge in [-0.25, -0.2) is 9.59 Å². The van der Waals surface area contributed by atoms with Gasteiger partial charge < -0.3 is 28.4 Å². The first-order chi connectivity index (χ1) is 17.6. The molecule has 8 nitrogen and oxygen atoms in total. The summed E-state index contributed by atoms with van der Waals surface area (Å²) >= 11 is 7.05. The molecule has 0 aliphatic rings.